The number of likely N-dealkylation sites (N-methyl/N-ethyl adjacent to an activating group) is 1. The molecular formula is C25H23FN6O3. The van der Waals surface area contributed by atoms with E-state index in [0.717, 1.165) is 0 Å². The molecule has 4 rings (SSSR count). The van der Waals surface area contributed by atoms with Crippen LogP contribution in [-0.2, 0) is 11.3 Å². The fourth-order valence-corrected chi connectivity index (χ4v) is 3.74. The van der Waals surface area contributed by atoms with E-state index < -0.39 is 17.6 Å². The van der Waals surface area contributed by atoms with Gasteiger partial charge < -0.3 is 16.0 Å². The Labute approximate surface area is 200 Å². The first-order valence-corrected chi connectivity index (χ1v) is 10.7. The van der Waals surface area contributed by atoms with Crippen LogP contribution in [0.1, 0.15) is 32.2 Å². The van der Waals surface area contributed by atoms with E-state index in [2.05, 4.69) is 15.4 Å². The molecule has 9 nitrogen and oxygen atoms in total. The molecule has 0 saturated heterocycles. The summed E-state index contributed by atoms with van der Waals surface area (Å²) >= 11 is 0. The van der Waals surface area contributed by atoms with Crippen LogP contribution in [0.3, 0.4) is 0 Å². The molecule has 3 amide bonds. The second kappa shape index (κ2) is 9.34. The number of hydrogen-bond donors (Lipinski definition) is 2. The average molecular weight is 474 g/mol. The fraction of sp³-hybridized carbons (Fsp3) is 0.160. The second-order valence-electron chi connectivity index (χ2n) is 8.02. The van der Waals surface area contributed by atoms with Gasteiger partial charge in [-0.3, -0.25) is 19.1 Å². The Balaban J connectivity index is 1.59. The summed E-state index contributed by atoms with van der Waals surface area (Å²) in [5.74, 6) is -1.87. The SMILES string of the molecule is Cc1nn(CC(=O)N(C)c2ccc(F)cc2)c(C)c1NC(=O)c1cc(C(N)=O)nc2ccccc12. The standard InChI is InChI=1S/C25H23FN6O3/c1-14-23(15(2)32(30-14)13-22(33)31(3)17-10-8-16(26)9-11-17)29-25(35)19-12-21(24(27)34)28-20-7-5-4-6-18(19)20/h4-12H,13H2,1-3H3,(H2,27,34)(H,29,35). The number of carbonyl (C=O) groups is 3. The summed E-state index contributed by atoms with van der Waals surface area (Å²) < 4.78 is 14.7. The van der Waals surface area contributed by atoms with Crippen LogP contribution in [0.2, 0.25) is 0 Å². The van der Waals surface area contributed by atoms with Crippen LogP contribution in [0.4, 0.5) is 15.8 Å². The Hall–Kier alpha value is -4.60. The van der Waals surface area contributed by atoms with Crippen molar-refractivity contribution < 1.29 is 18.8 Å². The summed E-state index contributed by atoms with van der Waals surface area (Å²) in [5.41, 5.74) is 8.17. The molecule has 35 heavy (non-hydrogen) atoms. The Bertz CT molecular complexity index is 1460. The highest BCUT2D eigenvalue weighted by atomic mass is 19.1. The molecule has 10 heteroatoms. The van der Waals surface area contributed by atoms with E-state index >= 15 is 0 Å². The second-order valence-corrected chi connectivity index (χ2v) is 8.02. The van der Waals surface area contributed by atoms with E-state index in [1.165, 1.54) is 39.9 Å². The summed E-state index contributed by atoms with van der Waals surface area (Å²) in [5, 5.41) is 7.81. The number of pyridine rings is 1. The van der Waals surface area contributed by atoms with Crippen LogP contribution in [-0.4, -0.2) is 39.5 Å². The van der Waals surface area contributed by atoms with Crippen molar-refractivity contribution in [2.45, 2.75) is 20.4 Å². The van der Waals surface area contributed by atoms with Crippen molar-refractivity contribution in [1.29, 1.82) is 0 Å². The molecule has 0 saturated carbocycles. The zero-order chi connectivity index (χ0) is 25.3. The molecule has 4 aromatic rings. The van der Waals surface area contributed by atoms with Gasteiger partial charge in [0.25, 0.3) is 11.8 Å². The van der Waals surface area contributed by atoms with Crippen molar-refractivity contribution in [1.82, 2.24) is 14.8 Å². The number of anilines is 2. The lowest BCUT2D eigenvalue weighted by atomic mass is 10.1. The minimum atomic E-state index is -0.742. The van der Waals surface area contributed by atoms with Crippen molar-refractivity contribution in [3.8, 4) is 0 Å². The summed E-state index contributed by atoms with van der Waals surface area (Å²) in [6.45, 7) is 3.37. The van der Waals surface area contributed by atoms with Gasteiger partial charge in [-0.15, -0.1) is 0 Å². The highest BCUT2D eigenvalue weighted by Crippen LogP contribution is 2.24. The summed E-state index contributed by atoms with van der Waals surface area (Å²) in [7, 11) is 1.59. The number of primary amides is 1. The van der Waals surface area contributed by atoms with Crippen molar-refractivity contribution in [3.05, 3.63) is 83.1 Å². The van der Waals surface area contributed by atoms with Crippen molar-refractivity contribution in [3.63, 3.8) is 0 Å². The van der Waals surface area contributed by atoms with Crippen molar-refractivity contribution in [2.24, 2.45) is 5.73 Å². The Morgan fingerprint density at radius 2 is 1.77 bits per heavy atom. The largest absolute Gasteiger partial charge is 0.364 e. The molecule has 0 aliphatic rings. The lowest BCUT2D eigenvalue weighted by Gasteiger charge is -2.17. The number of rotatable bonds is 6. The topological polar surface area (TPSA) is 123 Å². The van der Waals surface area contributed by atoms with E-state index in [-0.39, 0.29) is 23.7 Å². The molecule has 0 bridgehead atoms. The van der Waals surface area contributed by atoms with Gasteiger partial charge in [0.05, 0.1) is 28.2 Å². The van der Waals surface area contributed by atoms with Gasteiger partial charge in [0.15, 0.2) is 0 Å². The third-order valence-corrected chi connectivity index (χ3v) is 5.71. The molecule has 0 atom stereocenters. The number of fused-ring (bicyclic) bond motifs is 1. The third-order valence-electron chi connectivity index (χ3n) is 5.71. The van der Waals surface area contributed by atoms with Gasteiger partial charge >= 0.3 is 0 Å². The predicted molar refractivity (Wildman–Crippen MR) is 130 cm³/mol. The van der Waals surface area contributed by atoms with Gasteiger partial charge in [-0.2, -0.15) is 5.10 Å². The maximum Gasteiger partial charge on any atom is 0.267 e. The summed E-state index contributed by atoms with van der Waals surface area (Å²) in [4.78, 5) is 43.4. The van der Waals surface area contributed by atoms with Crippen LogP contribution in [0.5, 0.6) is 0 Å². The molecule has 2 heterocycles. The molecule has 2 aromatic heterocycles. The van der Waals surface area contributed by atoms with E-state index in [4.69, 9.17) is 5.73 Å². The number of hydrogen-bond acceptors (Lipinski definition) is 5. The molecule has 2 aromatic carbocycles. The van der Waals surface area contributed by atoms with Crippen LogP contribution in [0.25, 0.3) is 10.9 Å². The minimum absolute atomic E-state index is 0.0209. The highest BCUT2D eigenvalue weighted by Gasteiger charge is 2.21. The maximum absolute atomic E-state index is 13.2. The lowest BCUT2D eigenvalue weighted by molar-refractivity contribution is -0.119. The average Bonchev–Trinajstić information content (AvgIpc) is 3.10. The number of nitrogens with one attached hydrogen (secondary N) is 1. The monoisotopic (exact) mass is 474 g/mol. The van der Waals surface area contributed by atoms with E-state index in [1.54, 1.807) is 45.2 Å². The smallest absolute Gasteiger partial charge is 0.267 e. The molecule has 0 aliphatic carbocycles. The quantitative estimate of drug-likeness (QED) is 0.444. The molecule has 178 valence electrons. The number of aryl methyl sites for hydroxylation is 1. The summed E-state index contributed by atoms with van der Waals surface area (Å²) in [6.07, 6.45) is 0. The van der Waals surface area contributed by atoms with E-state index in [9.17, 15) is 18.8 Å². The first kappa shape index (κ1) is 23.6. The van der Waals surface area contributed by atoms with Crippen LogP contribution in [0.15, 0.2) is 54.6 Å². The molecule has 0 unspecified atom stereocenters. The van der Waals surface area contributed by atoms with Crippen LogP contribution >= 0.6 is 0 Å². The Morgan fingerprint density at radius 3 is 2.46 bits per heavy atom. The number of nitrogens with two attached hydrogens (primary N) is 1. The normalized spacial score (nSPS) is 10.9. The predicted octanol–water partition coefficient (Wildman–Crippen LogP) is 3.20. The number of aromatic nitrogens is 3. The number of amides is 3. The van der Waals surface area contributed by atoms with Crippen molar-refractivity contribution in [2.75, 3.05) is 17.3 Å². The number of carbonyl (C=O) groups excluding carboxylic acids is 3. The molecule has 0 radical (unpaired) electrons. The number of benzene rings is 2. The first-order valence-electron chi connectivity index (χ1n) is 10.7. The van der Waals surface area contributed by atoms with Gasteiger partial charge in [0.1, 0.15) is 18.1 Å². The van der Waals surface area contributed by atoms with Gasteiger partial charge in [0.2, 0.25) is 5.91 Å². The van der Waals surface area contributed by atoms with Gasteiger partial charge in [-0.1, -0.05) is 18.2 Å². The van der Waals surface area contributed by atoms with Crippen molar-refractivity contribution >= 4 is 40.0 Å². The van der Waals surface area contributed by atoms with Gasteiger partial charge in [0, 0.05) is 18.1 Å². The van der Waals surface area contributed by atoms with E-state index in [1.807, 2.05) is 0 Å². The van der Waals surface area contributed by atoms with Gasteiger partial charge in [-0.05, 0) is 50.2 Å². The Kier molecular flexibility index (Phi) is 6.28. The van der Waals surface area contributed by atoms with Gasteiger partial charge in [-0.25, -0.2) is 9.37 Å². The third kappa shape index (κ3) is 4.72. The number of para-hydroxylation sites is 1. The number of halogens is 1. The van der Waals surface area contributed by atoms with E-state index in [0.29, 0.717) is 33.7 Å². The van der Waals surface area contributed by atoms with Crippen LogP contribution < -0.4 is 16.0 Å². The molecule has 0 spiro atoms. The molecule has 3 N–H and O–H groups in total. The Morgan fingerprint density at radius 1 is 1.09 bits per heavy atom. The summed E-state index contributed by atoms with van der Waals surface area (Å²) in [6, 6.07) is 13.9. The molecule has 0 fully saturated rings. The minimum Gasteiger partial charge on any atom is -0.364 e. The highest BCUT2D eigenvalue weighted by molar-refractivity contribution is 6.14. The maximum atomic E-state index is 13.2. The fourth-order valence-electron chi connectivity index (χ4n) is 3.74. The zero-order valence-electron chi connectivity index (χ0n) is 19.4. The zero-order valence-corrected chi connectivity index (χ0v) is 19.4. The lowest BCUT2D eigenvalue weighted by Crippen LogP contribution is -2.30. The number of nitrogens with zero attached hydrogens (tertiary/aromatic N) is 4. The first-order chi connectivity index (χ1) is 16.7. The molecule has 0 aliphatic heterocycles. The van der Waals surface area contributed by atoms with Crippen LogP contribution in [0, 0.1) is 19.7 Å². The molecular weight excluding hydrogens is 451 g/mol.